The van der Waals surface area contributed by atoms with Crippen molar-refractivity contribution in [3.8, 4) is 5.75 Å². The van der Waals surface area contributed by atoms with E-state index in [1.807, 2.05) is 0 Å². The zero-order valence-corrected chi connectivity index (χ0v) is 37.9. The summed E-state index contributed by atoms with van der Waals surface area (Å²) in [7, 11) is 0. The maximum Gasteiger partial charge on any atom is 0.336 e. The molecule has 332 valence electrons. The van der Waals surface area contributed by atoms with Gasteiger partial charge < -0.3 is 30.4 Å². The third kappa shape index (κ3) is 8.01. The normalized spacial score (nSPS) is 35.3. The lowest BCUT2D eigenvalue weighted by atomic mass is 9.33. The van der Waals surface area contributed by atoms with Crippen molar-refractivity contribution in [2.75, 3.05) is 13.1 Å². The fraction of sp³-hybridized carbons (Fsp3) is 0.745. The molecule has 4 saturated carbocycles. The number of rotatable bonds is 14. The summed E-state index contributed by atoms with van der Waals surface area (Å²) >= 11 is 0. The van der Waals surface area contributed by atoms with Gasteiger partial charge >= 0.3 is 5.63 Å². The monoisotopic (exact) mass is 829 g/mol. The lowest BCUT2D eigenvalue weighted by molar-refractivity contribution is -0.231. The number of hydrogen-bond donors (Lipinski definition) is 5. The number of fused-ring (bicyclic) bond motifs is 8. The molecule has 9 heteroatoms. The predicted octanol–water partition coefficient (Wildman–Crippen LogP) is 9.53. The lowest BCUT2D eigenvalue weighted by Crippen LogP contribution is -2.67. The van der Waals surface area contributed by atoms with Gasteiger partial charge in [-0.2, -0.15) is 0 Å². The molecule has 0 spiro atoms. The summed E-state index contributed by atoms with van der Waals surface area (Å²) in [5.41, 5.74) is 1.46. The Bertz CT molecular complexity index is 2000. The standard InChI is InChI=1S/C51H76N2O7/c1-46(2)22-24-51(25-23-49(6)36(37(51)31-46)18-19-41-48(5)32-38(55)44(58)47(3,4)40(48)20-21-50(41,49)7)45(59)53-27-15-13-11-9-8-10-12-14-26-52-42(56)28-33-29-43(57)60-39-30-34(54)16-17-35(33)39/h16-18,29-30,37-38,40-41,44,54-55,58H,8-15,19-28,31-32H2,1-7H3,(H,52,56)(H,53,59)/t37-,38+,40-,41+,44-,48-,49+,50+,51-/m0/s1. The molecule has 7 rings (SSSR count). The largest absolute Gasteiger partial charge is 0.508 e. The molecule has 5 aliphatic rings. The van der Waals surface area contributed by atoms with Crippen molar-refractivity contribution in [3.05, 3.63) is 51.9 Å². The number of hydrogen-bond acceptors (Lipinski definition) is 7. The van der Waals surface area contributed by atoms with Gasteiger partial charge in [0.25, 0.3) is 0 Å². The summed E-state index contributed by atoms with van der Waals surface area (Å²) in [6, 6.07) is 5.92. The molecule has 0 radical (unpaired) electrons. The molecule has 0 aliphatic heterocycles. The van der Waals surface area contributed by atoms with Crippen LogP contribution in [0.4, 0.5) is 0 Å². The van der Waals surface area contributed by atoms with Crippen LogP contribution in [-0.4, -0.2) is 52.4 Å². The number of carbonyl (C=O) groups is 2. The number of nitrogens with one attached hydrogen (secondary N) is 2. The summed E-state index contributed by atoms with van der Waals surface area (Å²) in [4.78, 5) is 39.1. The van der Waals surface area contributed by atoms with Gasteiger partial charge in [-0.15, -0.1) is 0 Å². The highest BCUT2D eigenvalue weighted by Crippen LogP contribution is 2.75. The Kier molecular flexibility index (Phi) is 12.6. The summed E-state index contributed by atoms with van der Waals surface area (Å²) in [5.74, 6) is 1.22. The topological polar surface area (TPSA) is 149 Å². The predicted molar refractivity (Wildman–Crippen MR) is 237 cm³/mol. The van der Waals surface area contributed by atoms with Gasteiger partial charge in [-0.05, 0) is 133 Å². The summed E-state index contributed by atoms with van der Waals surface area (Å²) in [6.45, 7) is 18.0. The van der Waals surface area contributed by atoms with E-state index in [0.717, 1.165) is 103 Å². The van der Waals surface area contributed by atoms with Gasteiger partial charge in [0.1, 0.15) is 11.3 Å². The molecule has 1 heterocycles. The number of aliphatic hydroxyl groups is 2. The maximum atomic E-state index is 14.5. The van der Waals surface area contributed by atoms with E-state index in [0.29, 0.717) is 35.8 Å². The first kappa shape index (κ1) is 44.9. The van der Waals surface area contributed by atoms with Crippen LogP contribution >= 0.6 is 0 Å². The van der Waals surface area contributed by atoms with Crippen LogP contribution in [0.25, 0.3) is 11.0 Å². The SMILES string of the molecule is CC1(C)CC[C@]2(C(=O)NCCCCCCCCCCNC(=O)Cc3cc(=O)oc4cc(O)ccc34)CC[C@]3(C)C(=CC[C@@H]4[C@@]5(C)C[C@@H](O)[C@H](O)C(C)(C)[C@@H]5CC[C@]43C)[C@@H]2C1. The number of unbranched alkanes of at least 4 members (excludes halogenated alkanes) is 7. The van der Waals surface area contributed by atoms with E-state index in [9.17, 15) is 29.7 Å². The molecule has 2 amide bonds. The second-order valence-electron chi connectivity index (χ2n) is 22.3. The van der Waals surface area contributed by atoms with Gasteiger partial charge in [0, 0.05) is 30.6 Å². The van der Waals surface area contributed by atoms with Crippen LogP contribution in [0.15, 0.2) is 45.1 Å². The fourth-order valence-electron chi connectivity index (χ4n) is 14.3. The molecule has 1 aromatic carbocycles. The van der Waals surface area contributed by atoms with Crippen molar-refractivity contribution in [1.82, 2.24) is 10.6 Å². The highest BCUT2D eigenvalue weighted by molar-refractivity contribution is 5.87. The van der Waals surface area contributed by atoms with E-state index < -0.39 is 17.8 Å². The van der Waals surface area contributed by atoms with Crippen molar-refractivity contribution < 1.29 is 29.3 Å². The van der Waals surface area contributed by atoms with Crippen molar-refractivity contribution in [2.45, 2.75) is 176 Å². The van der Waals surface area contributed by atoms with Crippen LogP contribution in [0.5, 0.6) is 5.75 Å². The molecule has 0 bridgehead atoms. The number of carbonyl (C=O) groups excluding carboxylic acids is 2. The molecule has 60 heavy (non-hydrogen) atoms. The molecular formula is C51H76N2O7. The lowest BCUT2D eigenvalue weighted by Gasteiger charge is -2.71. The highest BCUT2D eigenvalue weighted by Gasteiger charge is 2.70. The number of allylic oxidation sites excluding steroid dienone is 2. The first-order valence-electron chi connectivity index (χ1n) is 23.6. The molecule has 4 fully saturated rings. The second kappa shape index (κ2) is 16.8. The minimum Gasteiger partial charge on any atom is -0.508 e. The molecule has 5 aliphatic carbocycles. The molecule has 1 aromatic heterocycles. The number of benzene rings is 1. The quantitative estimate of drug-likeness (QED) is 0.0724. The zero-order valence-electron chi connectivity index (χ0n) is 37.9. The Hall–Kier alpha value is -3.17. The van der Waals surface area contributed by atoms with Crippen LogP contribution in [0.1, 0.15) is 163 Å². The number of aliphatic hydroxyl groups excluding tert-OH is 2. The molecule has 9 atom stereocenters. The average molecular weight is 829 g/mol. The van der Waals surface area contributed by atoms with Gasteiger partial charge in [0.15, 0.2) is 0 Å². The Morgan fingerprint density at radius 2 is 1.43 bits per heavy atom. The smallest absolute Gasteiger partial charge is 0.336 e. The van der Waals surface area contributed by atoms with Gasteiger partial charge in [0.05, 0.1) is 24.0 Å². The van der Waals surface area contributed by atoms with Crippen LogP contribution < -0.4 is 16.3 Å². The van der Waals surface area contributed by atoms with E-state index in [2.05, 4.69) is 65.2 Å². The minimum atomic E-state index is -0.691. The molecule has 5 N–H and O–H groups in total. The third-order valence-corrected chi connectivity index (χ3v) is 17.9. The van der Waals surface area contributed by atoms with Crippen LogP contribution in [0.2, 0.25) is 0 Å². The van der Waals surface area contributed by atoms with E-state index in [4.69, 9.17) is 4.42 Å². The van der Waals surface area contributed by atoms with Crippen molar-refractivity contribution >= 4 is 22.8 Å². The molecule has 0 unspecified atom stereocenters. The molecular weight excluding hydrogens is 753 g/mol. The van der Waals surface area contributed by atoms with Crippen LogP contribution in [0, 0.1) is 50.2 Å². The van der Waals surface area contributed by atoms with Crippen LogP contribution in [-0.2, 0) is 16.0 Å². The highest BCUT2D eigenvalue weighted by atomic mass is 16.4. The van der Waals surface area contributed by atoms with Gasteiger partial charge in [-0.3, -0.25) is 9.59 Å². The van der Waals surface area contributed by atoms with Gasteiger partial charge in [-0.25, -0.2) is 4.79 Å². The second-order valence-corrected chi connectivity index (χ2v) is 22.3. The third-order valence-electron chi connectivity index (χ3n) is 17.9. The number of phenols is 1. The van der Waals surface area contributed by atoms with Crippen molar-refractivity contribution in [2.24, 2.45) is 50.2 Å². The molecule has 0 saturated heterocycles. The van der Waals surface area contributed by atoms with E-state index in [-0.39, 0.29) is 68.0 Å². The Morgan fingerprint density at radius 3 is 2.13 bits per heavy atom. The molecule has 9 nitrogen and oxygen atoms in total. The number of aromatic hydroxyl groups is 1. The van der Waals surface area contributed by atoms with E-state index in [1.54, 1.807) is 11.6 Å². The number of amides is 2. The number of phenolic OH excluding ortho intramolecular Hbond substituents is 1. The van der Waals surface area contributed by atoms with Crippen molar-refractivity contribution in [3.63, 3.8) is 0 Å². The fourth-order valence-corrected chi connectivity index (χ4v) is 14.3. The summed E-state index contributed by atoms with van der Waals surface area (Å²) < 4.78 is 5.17. The Morgan fingerprint density at radius 1 is 0.783 bits per heavy atom. The summed E-state index contributed by atoms with van der Waals surface area (Å²) in [5, 5.41) is 39.2. The van der Waals surface area contributed by atoms with Gasteiger partial charge in [0.2, 0.25) is 11.8 Å². The van der Waals surface area contributed by atoms with Crippen molar-refractivity contribution in [1.29, 1.82) is 0 Å². The first-order valence-corrected chi connectivity index (χ1v) is 23.6. The maximum absolute atomic E-state index is 14.5. The van der Waals surface area contributed by atoms with E-state index in [1.165, 1.54) is 24.6 Å². The van der Waals surface area contributed by atoms with Crippen LogP contribution in [0.3, 0.4) is 0 Å². The minimum absolute atomic E-state index is 0.00802. The average Bonchev–Trinajstić information content (AvgIpc) is 3.17. The Balaban J connectivity index is 0.859. The zero-order chi connectivity index (χ0) is 43.3. The molecule has 2 aromatic rings. The Labute approximate surface area is 358 Å². The summed E-state index contributed by atoms with van der Waals surface area (Å²) in [6.07, 6.45) is 19.0. The van der Waals surface area contributed by atoms with Gasteiger partial charge in [-0.1, -0.05) is 98.6 Å². The van der Waals surface area contributed by atoms with E-state index >= 15 is 0 Å². The first-order chi connectivity index (χ1) is 28.3.